The Hall–Kier alpha value is -0.700. The van der Waals surface area contributed by atoms with Crippen LogP contribution >= 0.6 is 0 Å². The predicted octanol–water partition coefficient (Wildman–Crippen LogP) is -0.301. The molecule has 0 bridgehead atoms. The Balaban J connectivity index is 2.45. The summed E-state index contributed by atoms with van der Waals surface area (Å²) < 4.78 is 0. The lowest BCUT2D eigenvalue weighted by Crippen LogP contribution is -2.41. The van der Waals surface area contributed by atoms with Gasteiger partial charge in [0.15, 0.2) is 0 Å². The third kappa shape index (κ3) is 1.16. The van der Waals surface area contributed by atoms with Crippen molar-refractivity contribution in [3.63, 3.8) is 0 Å². The van der Waals surface area contributed by atoms with Crippen LogP contribution in [0.25, 0.3) is 0 Å². The Morgan fingerprint density at radius 2 is 2.44 bits per heavy atom. The van der Waals surface area contributed by atoms with Crippen molar-refractivity contribution >= 4 is 0 Å². The highest BCUT2D eigenvalue weighted by atomic mass is 16.3. The minimum Gasteiger partial charge on any atom is -0.389 e. The second-order valence-corrected chi connectivity index (χ2v) is 2.33. The van der Waals surface area contributed by atoms with Crippen LogP contribution in [0.3, 0.4) is 0 Å². The predicted molar refractivity (Wildman–Crippen MR) is 35.5 cm³/mol. The molecular weight excluding hydrogens is 116 g/mol. The highest BCUT2D eigenvalue weighted by molar-refractivity contribution is 4.94. The maximum atomic E-state index is 9.08. The van der Waals surface area contributed by atoms with Gasteiger partial charge in [-0.25, -0.2) is 0 Å². The summed E-state index contributed by atoms with van der Waals surface area (Å²) in [5.74, 6) is 0. The van der Waals surface area contributed by atoms with Gasteiger partial charge >= 0.3 is 0 Å². The van der Waals surface area contributed by atoms with Gasteiger partial charge in [0.05, 0.1) is 6.10 Å². The van der Waals surface area contributed by atoms with Gasteiger partial charge in [-0.15, -0.1) is 0 Å². The minimum atomic E-state index is -0.329. The van der Waals surface area contributed by atoms with Crippen molar-refractivity contribution < 1.29 is 5.11 Å². The zero-order valence-corrected chi connectivity index (χ0v) is 5.70. The van der Waals surface area contributed by atoms with Gasteiger partial charge in [-0.2, -0.15) is 0 Å². The SMILES string of the molecule is C[C@@H](O)C1NC=CN1C. The maximum Gasteiger partial charge on any atom is 0.124 e. The zero-order chi connectivity index (χ0) is 6.85. The molecule has 0 saturated heterocycles. The molecule has 1 heterocycles. The van der Waals surface area contributed by atoms with Crippen LogP contribution in [0.1, 0.15) is 6.92 Å². The fourth-order valence-corrected chi connectivity index (χ4v) is 0.949. The number of hydrogen-bond acceptors (Lipinski definition) is 3. The fraction of sp³-hybridized carbons (Fsp3) is 0.667. The van der Waals surface area contributed by atoms with E-state index in [-0.39, 0.29) is 12.3 Å². The number of aliphatic hydroxyl groups excluding tert-OH is 1. The number of aliphatic hydroxyl groups is 1. The summed E-state index contributed by atoms with van der Waals surface area (Å²) in [6.45, 7) is 1.77. The Labute approximate surface area is 55.0 Å². The van der Waals surface area contributed by atoms with Crippen LogP contribution in [0, 0.1) is 0 Å². The topological polar surface area (TPSA) is 35.5 Å². The molecule has 0 radical (unpaired) electrons. The van der Waals surface area contributed by atoms with Crippen LogP contribution in [0.15, 0.2) is 12.4 Å². The molecule has 0 amide bonds. The van der Waals surface area contributed by atoms with Crippen LogP contribution in [0.5, 0.6) is 0 Å². The van der Waals surface area contributed by atoms with E-state index in [1.165, 1.54) is 0 Å². The van der Waals surface area contributed by atoms with E-state index in [0.717, 1.165) is 0 Å². The molecule has 2 N–H and O–H groups in total. The number of nitrogens with zero attached hydrogens (tertiary/aromatic N) is 1. The molecule has 0 fully saturated rings. The average Bonchev–Trinajstić information content (AvgIpc) is 2.13. The maximum absolute atomic E-state index is 9.08. The molecule has 9 heavy (non-hydrogen) atoms. The van der Waals surface area contributed by atoms with Crippen LogP contribution < -0.4 is 5.32 Å². The van der Waals surface area contributed by atoms with Crippen molar-refractivity contribution in [1.29, 1.82) is 0 Å². The second-order valence-electron chi connectivity index (χ2n) is 2.33. The molecule has 1 rings (SSSR count). The normalized spacial score (nSPS) is 28.3. The van der Waals surface area contributed by atoms with Crippen molar-refractivity contribution in [2.45, 2.75) is 19.2 Å². The summed E-state index contributed by atoms with van der Waals surface area (Å²) in [5.41, 5.74) is 0. The first kappa shape index (κ1) is 6.42. The lowest BCUT2D eigenvalue weighted by Gasteiger charge is -2.23. The Morgan fingerprint density at radius 3 is 2.67 bits per heavy atom. The lowest BCUT2D eigenvalue weighted by molar-refractivity contribution is 0.0984. The quantitative estimate of drug-likeness (QED) is 0.509. The van der Waals surface area contributed by atoms with Crippen molar-refractivity contribution in [1.82, 2.24) is 10.2 Å². The summed E-state index contributed by atoms with van der Waals surface area (Å²) in [7, 11) is 1.92. The van der Waals surface area contributed by atoms with Gasteiger partial charge in [0, 0.05) is 19.4 Å². The molecular formula is C6H12N2O. The van der Waals surface area contributed by atoms with E-state index in [0.29, 0.717) is 0 Å². The molecule has 1 aliphatic heterocycles. The molecule has 2 atom stereocenters. The first-order valence-corrected chi connectivity index (χ1v) is 3.04. The molecule has 0 spiro atoms. The first-order chi connectivity index (χ1) is 4.22. The van der Waals surface area contributed by atoms with Gasteiger partial charge in [0.25, 0.3) is 0 Å². The molecule has 3 nitrogen and oxygen atoms in total. The van der Waals surface area contributed by atoms with Crippen LogP contribution in [-0.2, 0) is 0 Å². The molecule has 0 saturated carbocycles. The number of likely N-dealkylation sites (N-methyl/N-ethyl adjacent to an activating group) is 1. The Bertz CT molecular complexity index is 122. The molecule has 0 aromatic carbocycles. The molecule has 0 aromatic heterocycles. The van der Waals surface area contributed by atoms with E-state index < -0.39 is 0 Å². The van der Waals surface area contributed by atoms with Gasteiger partial charge in [-0.05, 0) is 6.92 Å². The molecule has 52 valence electrons. The van der Waals surface area contributed by atoms with E-state index in [4.69, 9.17) is 5.11 Å². The summed E-state index contributed by atoms with van der Waals surface area (Å²) in [5, 5.41) is 12.1. The largest absolute Gasteiger partial charge is 0.389 e. The third-order valence-electron chi connectivity index (χ3n) is 1.47. The van der Waals surface area contributed by atoms with E-state index in [1.807, 2.05) is 24.3 Å². The highest BCUT2D eigenvalue weighted by Crippen LogP contribution is 2.04. The highest BCUT2D eigenvalue weighted by Gasteiger charge is 2.18. The zero-order valence-electron chi connectivity index (χ0n) is 5.70. The van der Waals surface area contributed by atoms with Crippen LogP contribution in [0.2, 0.25) is 0 Å². The second kappa shape index (κ2) is 2.27. The van der Waals surface area contributed by atoms with Gasteiger partial charge in [-0.1, -0.05) is 0 Å². The van der Waals surface area contributed by atoms with E-state index >= 15 is 0 Å². The van der Waals surface area contributed by atoms with Crippen molar-refractivity contribution in [2.75, 3.05) is 7.05 Å². The van der Waals surface area contributed by atoms with Gasteiger partial charge in [0.2, 0.25) is 0 Å². The molecule has 3 heteroatoms. The fourth-order valence-electron chi connectivity index (χ4n) is 0.949. The number of hydrogen-bond donors (Lipinski definition) is 2. The Morgan fingerprint density at radius 1 is 1.78 bits per heavy atom. The van der Waals surface area contributed by atoms with Crippen LogP contribution in [-0.4, -0.2) is 29.3 Å². The lowest BCUT2D eigenvalue weighted by atomic mass is 10.3. The molecule has 1 unspecified atom stereocenters. The molecule has 1 aliphatic rings. The van der Waals surface area contributed by atoms with E-state index in [2.05, 4.69) is 5.32 Å². The van der Waals surface area contributed by atoms with Gasteiger partial charge in [0.1, 0.15) is 6.17 Å². The smallest absolute Gasteiger partial charge is 0.124 e. The minimum absolute atomic E-state index is 0.0602. The van der Waals surface area contributed by atoms with E-state index in [9.17, 15) is 0 Å². The van der Waals surface area contributed by atoms with E-state index in [1.54, 1.807) is 6.92 Å². The summed E-state index contributed by atoms with van der Waals surface area (Å²) in [4.78, 5) is 1.94. The first-order valence-electron chi connectivity index (χ1n) is 3.04. The third-order valence-corrected chi connectivity index (χ3v) is 1.47. The number of nitrogens with one attached hydrogen (secondary N) is 1. The molecule has 0 aromatic rings. The van der Waals surface area contributed by atoms with Gasteiger partial charge < -0.3 is 15.3 Å². The monoisotopic (exact) mass is 128 g/mol. The summed E-state index contributed by atoms with van der Waals surface area (Å²) in [6, 6.07) is 0. The van der Waals surface area contributed by atoms with Gasteiger partial charge in [-0.3, -0.25) is 0 Å². The van der Waals surface area contributed by atoms with Crippen molar-refractivity contribution in [2.24, 2.45) is 0 Å². The summed E-state index contributed by atoms with van der Waals surface area (Å²) in [6.07, 6.45) is 3.46. The molecule has 0 aliphatic carbocycles. The Kier molecular flexibility index (Phi) is 1.62. The average molecular weight is 128 g/mol. The van der Waals surface area contributed by atoms with Crippen molar-refractivity contribution in [3.05, 3.63) is 12.4 Å². The summed E-state index contributed by atoms with van der Waals surface area (Å²) >= 11 is 0. The standard InChI is InChI=1S/C6H12N2O/c1-5(9)6-7-3-4-8(6)2/h3-7,9H,1-2H3/t5-,6?/m1/s1. The van der Waals surface area contributed by atoms with Crippen molar-refractivity contribution in [3.8, 4) is 0 Å². The van der Waals surface area contributed by atoms with Crippen LogP contribution in [0.4, 0.5) is 0 Å². The number of rotatable bonds is 1.